The fourth-order valence-electron chi connectivity index (χ4n) is 2.20. The average molecular weight is 371 g/mol. The highest BCUT2D eigenvalue weighted by Crippen LogP contribution is 2.30. The number of carbonyl (C=O) groups excluding carboxylic acids is 1. The number of ether oxygens (including phenoxy) is 1. The van der Waals surface area contributed by atoms with E-state index in [0.717, 1.165) is 12.1 Å². The fourth-order valence-corrected chi connectivity index (χ4v) is 2.20. The van der Waals surface area contributed by atoms with Gasteiger partial charge < -0.3 is 15.2 Å². The van der Waals surface area contributed by atoms with Crippen LogP contribution in [0, 0.1) is 6.92 Å². The molecule has 0 radical (unpaired) electrons. The Kier molecular flexibility index (Phi) is 5.98. The topological polar surface area (TPSA) is 93.4 Å². The molecule has 26 heavy (non-hydrogen) atoms. The lowest BCUT2D eigenvalue weighted by atomic mass is 10.2. The minimum atomic E-state index is -4.48. The molecule has 0 atom stereocenters. The average Bonchev–Trinajstić information content (AvgIpc) is 2.95. The van der Waals surface area contributed by atoms with Crippen LogP contribution in [0.15, 0.2) is 30.5 Å². The van der Waals surface area contributed by atoms with Crippen molar-refractivity contribution < 1.29 is 32.6 Å². The van der Waals surface area contributed by atoms with Gasteiger partial charge in [-0.1, -0.05) is 6.07 Å². The van der Waals surface area contributed by atoms with Gasteiger partial charge in [-0.3, -0.25) is 4.79 Å². The van der Waals surface area contributed by atoms with Crippen LogP contribution in [0.1, 0.15) is 21.6 Å². The standard InChI is InChI=1S/C16H16F3N3O4/c1-10-13(15(25)20-5-6-26-9-14(23)24)8-21-22(10)12-4-2-3-11(7-12)16(17,18)19/h2-4,7-8H,5-6,9H2,1H3,(H,20,25)(H,23,24). The summed E-state index contributed by atoms with van der Waals surface area (Å²) in [6.07, 6.45) is -3.23. The number of aromatic nitrogens is 2. The third-order valence-electron chi connectivity index (χ3n) is 3.43. The molecule has 140 valence electrons. The first-order chi connectivity index (χ1) is 12.2. The summed E-state index contributed by atoms with van der Waals surface area (Å²) in [6, 6.07) is 4.62. The van der Waals surface area contributed by atoms with Crippen molar-refractivity contribution in [3.63, 3.8) is 0 Å². The van der Waals surface area contributed by atoms with Crippen molar-refractivity contribution in [2.75, 3.05) is 19.8 Å². The quantitative estimate of drug-likeness (QED) is 0.727. The minimum Gasteiger partial charge on any atom is -0.480 e. The molecule has 0 spiro atoms. The lowest BCUT2D eigenvalue weighted by Crippen LogP contribution is -2.28. The number of alkyl halides is 3. The summed E-state index contributed by atoms with van der Waals surface area (Å²) < 4.78 is 44.5. The Labute approximate surface area is 146 Å². The van der Waals surface area contributed by atoms with Gasteiger partial charge in [0.25, 0.3) is 5.91 Å². The van der Waals surface area contributed by atoms with E-state index in [4.69, 9.17) is 9.84 Å². The van der Waals surface area contributed by atoms with Crippen molar-refractivity contribution in [1.82, 2.24) is 15.1 Å². The van der Waals surface area contributed by atoms with Crippen LogP contribution in [0.3, 0.4) is 0 Å². The number of nitrogens with one attached hydrogen (secondary N) is 1. The van der Waals surface area contributed by atoms with E-state index in [1.54, 1.807) is 6.92 Å². The number of carbonyl (C=O) groups is 2. The summed E-state index contributed by atoms with van der Waals surface area (Å²) in [7, 11) is 0. The number of carboxylic acids is 1. The first-order valence-corrected chi connectivity index (χ1v) is 7.50. The van der Waals surface area contributed by atoms with Crippen LogP contribution >= 0.6 is 0 Å². The Hall–Kier alpha value is -2.88. The highest BCUT2D eigenvalue weighted by atomic mass is 19.4. The molecule has 0 aliphatic rings. The van der Waals surface area contributed by atoms with Crippen LogP contribution in [0.2, 0.25) is 0 Å². The second-order valence-electron chi connectivity index (χ2n) is 5.31. The number of nitrogens with zero attached hydrogens (tertiary/aromatic N) is 2. The first-order valence-electron chi connectivity index (χ1n) is 7.50. The lowest BCUT2D eigenvalue weighted by molar-refractivity contribution is -0.142. The Balaban J connectivity index is 2.08. The molecule has 0 bridgehead atoms. The number of amides is 1. The van der Waals surface area contributed by atoms with Gasteiger partial charge in [0.15, 0.2) is 0 Å². The second-order valence-corrected chi connectivity index (χ2v) is 5.31. The Bertz CT molecular complexity index is 802. The highest BCUT2D eigenvalue weighted by molar-refractivity contribution is 5.95. The van der Waals surface area contributed by atoms with Crippen molar-refractivity contribution in [2.24, 2.45) is 0 Å². The van der Waals surface area contributed by atoms with E-state index in [9.17, 15) is 22.8 Å². The zero-order valence-electron chi connectivity index (χ0n) is 13.7. The summed E-state index contributed by atoms with van der Waals surface area (Å²) in [6.45, 7) is 1.19. The van der Waals surface area contributed by atoms with Gasteiger partial charge in [0.05, 0.1) is 35.3 Å². The molecule has 0 unspecified atom stereocenters. The molecule has 1 heterocycles. The number of halogens is 3. The van der Waals surface area contributed by atoms with E-state index < -0.39 is 30.2 Å². The van der Waals surface area contributed by atoms with E-state index in [0.29, 0.717) is 5.69 Å². The van der Waals surface area contributed by atoms with E-state index in [-0.39, 0.29) is 24.4 Å². The number of benzene rings is 1. The molecule has 0 aliphatic carbocycles. The van der Waals surface area contributed by atoms with E-state index in [2.05, 4.69) is 10.4 Å². The molecule has 2 aromatic rings. The number of rotatable bonds is 7. The van der Waals surface area contributed by atoms with Crippen molar-refractivity contribution in [3.8, 4) is 5.69 Å². The molecular formula is C16H16F3N3O4. The summed E-state index contributed by atoms with van der Waals surface area (Å²) >= 11 is 0. The predicted molar refractivity (Wildman–Crippen MR) is 84.1 cm³/mol. The lowest BCUT2D eigenvalue weighted by Gasteiger charge is -2.10. The van der Waals surface area contributed by atoms with Gasteiger partial charge in [-0.2, -0.15) is 18.3 Å². The first kappa shape index (κ1) is 19.4. The smallest absolute Gasteiger partial charge is 0.416 e. The molecule has 0 saturated heterocycles. The van der Waals surface area contributed by atoms with Crippen LogP contribution < -0.4 is 5.32 Å². The third-order valence-corrected chi connectivity index (χ3v) is 3.43. The molecule has 2 N–H and O–H groups in total. The van der Waals surface area contributed by atoms with Crippen LogP contribution in [0.25, 0.3) is 5.69 Å². The zero-order valence-corrected chi connectivity index (χ0v) is 13.7. The molecule has 0 fully saturated rings. The number of aliphatic carboxylic acids is 1. The van der Waals surface area contributed by atoms with Crippen molar-refractivity contribution in [3.05, 3.63) is 47.3 Å². The van der Waals surface area contributed by atoms with E-state index in [1.807, 2.05) is 0 Å². The SMILES string of the molecule is Cc1c(C(=O)NCCOCC(=O)O)cnn1-c1cccc(C(F)(F)F)c1. The summed E-state index contributed by atoms with van der Waals surface area (Å²) in [5.41, 5.74) is -0.0680. The molecule has 0 aliphatic heterocycles. The molecule has 1 aromatic heterocycles. The molecule has 1 aromatic carbocycles. The number of carboxylic acid groups (broad SMARTS) is 1. The van der Waals surface area contributed by atoms with Crippen LogP contribution in [-0.4, -0.2) is 46.5 Å². The number of hydrogen-bond donors (Lipinski definition) is 2. The maximum absolute atomic E-state index is 12.8. The summed E-state index contributed by atoms with van der Waals surface area (Å²) in [5, 5.41) is 14.9. The van der Waals surface area contributed by atoms with Gasteiger partial charge >= 0.3 is 12.1 Å². The zero-order chi connectivity index (χ0) is 19.3. The predicted octanol–water partition coefficient (Wildman–Crippen LogP) is 2.03. The Morgan fingerprint density at radius 1 is 1.35 bits per heavy atom. The van der Waals surface area contributed by atoms with Gasteiger partial charge in [0.1, 0.15) is 6.61 Å². The van der Waals surface area contributed by atoms with Crippen LogP contribution in [-0.2, 0) is 15.7 Å². The van der Waals surface area contributed by atoms with Crippen molar-refractivity contribution in [1.29, 1.82) is 0 Å². The molecular weight excluding hydrogens is 355 g/mol. The monoisotopic (exact) mass is 371 g/mol. The van der Waals surface area contributed by atoms with Gasteiger partial charge in [-0.05, 0) is 25.1 Å². The maximum atomic E-state index is 12.8. The third kappa shape index (κ3) is 4.82. The molecule has 7 nitrogen and oxygen atoms in total. The van der Waals surface area contributed by atoms with Gasteiger partial charge in [0, 0.05) is 6.54 Å². The van der Waals surface area contributed by atoms with Gasteiger partial charge in [-0.25, -0.2) is 9.48 Å². The molecule has 0 saturated carbocycles. The summed E-state index contributed by atoms with van der Waals surface area (Å²) in [5.74, 6) is -1.60. The van der Waals surface area contributed by atoms with E-state index in [1.165, 1.54) is 23.0 Å². The fraction of sp³-hybridized carbons (Fsp3) is 0.312. The Morgan fingerprint density at radius 3 is 2.73 bits per heavy atom. The second kappa shape index (κ2) is 8.00. The van der Waals surface area contributed by atoms with Crippen molar-refractivity contribution in [2.45, 2.75) is 13.1 Å². The van der Waals surface area contributed by atoms with Crippen LogP contribution in [0.5, 0.6) is 0 Å². The summed E-state index contributed by atoms with van der Waals surface area (Å²) in [4.78, 5) is 22.4. The van der Waals surface area contributed by atoms with E-state index >= 15 is 0 Å². The minimum absolute atomic E-state index is 0.0128. The number of hydrogen-bond acceptors (Lipinski definition) is 4. The molecule has 10 heteroatoms. The largest absolute Gasteiger partial charge is 0.480 e. The Morgan fingerprint density at radius 2 is 2.08 bits per heavy atom. The van der Waals surface area contributed by atoms with Crippen molar-refractivity contribution >= 4 is 11.9 Å². The van der Waals surface area contributed by atoms with Gasteiger partial charge in [-0.15, -0.1) is 0 Å². The maximum Gasteiger partial charge on any atom is 0.416 e. The highest BCUT2D eigenvalue weighted by Gasteiger charge is 2.30. The molecule has 1 amide bonds. The molecule has 2 rings (SSSR count). The van der Waals surface area contributed by atoms with Crippen LogP contribution in [0.4, 0.5) is 13.2 Å². The normalized spacial score (nSPS) is 11.4. The van der Waals surface area contributed by atoms with Gasteiger partial charge in [0.2, 0.25) is 0 Å².